The number of amides is 1. The summed E-state index contributed by atoms with van der Waals surface area (Å²) in [5.41, 5.74) is 7.92. The fourth-order valence-corrected chi connectivity index (χ4v) is 4.15. The quantitative estimate of drug-likeness (QED) is 0.695. The summed E-state index contributed by atoms with van der Waals surface area (Å²) in [6, 6.07) is 11.3. The minimum absolute atomic E-state index is 0.0276. The average Bonchev–Trinajstić information content (AvgIpc) is 3.38. The van der Waals surface area contributed by atoms with E-state index >= 15 is 0 Å². The lowest BCUT2D eigenvalue weighted by Gasteiger charge is -2.19. The molecule has 8 heteroatoms. The molecule has 4 rings (SSSR count). The lowest BCUT2D eigenvalue weighted by Crippen LogP contribution is -2.44. The Kier molecular flexibility index (Phi) is 5.99. The number of carbonyl (C=O) groups excluding carboxylic acids is 1. The summed E-state index contributed by atoms with van der Waals surface area (Å²) in [5, 5.41) is 3.68. The van der Waals surface area contributed by atoms with Crippen molar-refractivity contribution in [2.45, 2.75) is 24.9 Å². The highest BCUT2D eigenvalue weighted by Gasteiger charge is 2.31. The van der Waals surface area contributed by atoms with Crippen LogP contribution in [0.5, 0.6) is 0 Å². The van der Waals surface area contributed by atoms with Crippen LogP contribution in [0, 0.1) is 17.6 Å². The van der Waals surface area contributed by atoms with Gasteiger partial charge in [-0.3, -0.25) is 4.79 Å². The molecule has 3 atom stereocenters. The van der Waals surface area contributed by atoms with E-state index in [4.69, 9.17) is 11.6 Å². The van der Waals surface area contributed by atoms with Crippen LogP contribution in [0.3, 0.4) is 0 Å². The zero-order valence-electron chi connectivity index (χ0n) is 15.8. The minimum Gasteiger partial charge on any atom is -0.371 e. The molecule has 2 heterocycles. The number of carbonyl (C=O) groups is 1. The summed E-state index contributed by atoms with van der Waals surface area (Å²) in [6.07, 6.45) is 1.53. The van der Waals surface area contributed by atoms with Gasteiger partial charge in [0.25, 0.3) is 0 Å². The second-order valence-corrected chi connectivity index (χ2v) is 8.07. The fraction of sp³-hybridized carbons (Fsp3) is 0.381. The number of nitrogens with zero attached hydrogens (tertiary/aromatic N) is 1. The number of hydrogen-bond acceptors (Lipinski definition) is 4. The van der Waals surface area contributed by atoms with Crippen molar-refractivity contribution in [1.29, 1.82) is 0 Å². The normalized spacial score (nSPS) is 24.1. The molecule has 2 fully saturated rings. The van der Waals surface area contributed by atoms with Gasteiger partial charge in [0.2, 0.25) is 5.91 Å². The molecule has 3 unspecified atom stereocenters. The Morgan fingerprint density at radius 3 is 2.83 bits per heavy atom. The predicted octanol–water partition coefficient (Wildman–Crippen LogP) is 3.17. The highest BCUT2D eigenvalue weighted by Crippen LogP contribution is 2.26. The molecular weight excluding hydrogens is 398 g/mol. The molecule has 0 aromatic heterocycles. The van der Waals surface area contributed by atoms with E-state index in [-0.39, 0.29) is 23.9 Å². The Bertz CT molecular complexity index is 897. The van der Waals surface area contributed by atoms with E-state index in [1.165, 1.54) is 6.07 Å². The van der Waals surface area contributed by atoms with Crippen LogP contribution >= 0.6 is 11.6 Å². The molecule has 2 aromatic carbocycles. The van der Waals surface area contributed by atoms with Crippen molar-refractivity contribution < 1.29 is 13.6 Å². The maximum Gasteiger partial charge on any atom is 0.238 e. The molecule has 2 aliphatic rings. The van der Waals surface area contributed by atoms with Gasteiger partial charge in [0, 0.05) is 42.5 Å². The lowest BCUT2D eigenvalue weighted by atomic mass is 10.0. The van der Waals surface area contributed by atoms with Crippen molar-refractivity contribution >= 4 is 23.2 Å². The molecule has 29 heavy (non-hydrogen) atoms. The highest BCUT2D eigenvalue weighted by molar-refractivity contribution is 6.30. The summed E-state index contributed by atoms with van der Waals surface area (Å²) >= 11 is 6.05. The van der Waals surface area contributed by atoms with Gasteiger partial charge < -0.3 is 10.2 Å². The zero-order valence-corrected chi connectivity index (χ0v) is 16.6. The first kappa shape index (κ1) is 20.1. The number of anilines is 1. The summed E-state index contributed by atoms with van der Waals surface area (Å²) in [7, 11) is 0. The first-order valence-corrected chi connectivity index (χ1v) is 10.1. The van der Waals surface area contributed by atoms with Crippen LogP contribution in [0.4, 0.5) is 14.5 Å². The van der Waals surface area contributed by atoms with Gasteiger partial charge in [-0.25, -0.2) is 19.6 Å². The Morgan fingerprint density at radius 2 is 2.03 bits per heavy atom. The van der Waals surface area contributed by atoms with E-state index < -0.39 is 11.6 Å². The van der Waals surface area contributed by atoms with Gasteiger partial charge >= 0.3 is 0 Å². The molecular formula is C21H23ClF2N4O. The second-order valence-electron chi connectivity index (χ2n) is 7.63. The van der Waals surface area contributed by atoms with E-state index in [0.717, 1.165) is 24.6 Å². The van der Waals surface area contributed by atoms with Crippen LogP contribution in [0.15, 0.2) is 42.5 Å². The molecule has 2 saturated heterocycles. The van der Waals surface area contributed by atoms with Crippen molar-refractivity contribution in [3.63, 3.8) is 0 Å². The number of hydrogen-bond donors (Lipinski definition) is 3. The van der Waals surface area contributed by atoms with Gasteiger partial charge in [0.15, 0.2) is 11.6 Å². The highest BCUT2D eigenvalue weighted by atomic mass is 35.5. The molecule has 0 saturated carbocycles. The largest absolute Gasteiger partial charge is 0.371 e. The minimum atomic E-state index is -0.842. The van der Waals surface area contributed by atoms with Crippen molar-refractivity contribution in [3.05, 3.63) is 64.7 Å². The van der Waals surface area contributed by atoms with Gasteiger partial charge in [-0.05, 0) is 48.6 Å². The summed E-state index contributed by atoms with van der Waals surface area (Å²) in [5.74, 6) is -1.46. The van der Waals surface area contributed by atoms with Gasteiger partial charge in [0.1, 0.15) is 6.04 Å². The number of hydrazine groups is 1. The zero-order chi connectivity index (χ0) is 20.4. The van der Waals surface area contributed by atoms with Crippen LogP contribution in [0.2, 0.25) is 5.02 Å². The summed E-state index contributed by atoms with van der Waals surface area (Å²) in [4.78, 5) is 14.6. The smallest absolute Gasteiger partial charge is 0.238 e. The van der Waals surface area contributed by atoms with Crippen LogP contribution in [0.1, 0.15) is 24.4 Å². The molecule has 0 radical (unpaired) electrons. The van der Waals surface area contributed by atoms with Crippen LogP contribution in [-0.4, -0.2) is 31.6 Å². The van der Waals surface area contributed by atoms with E-state index in [2.05, 4.69) is 16.2 Å². The first-order valence-electron chi connectivity index (χ1n) is 9.74. The lowest BCUT2D eigenvalue weighted by molar-refractivity contribution is -0.123. The van der Waals surface area contributed by atoms with Crippen molar-refractivity contribution in [3.8, 4) is 0 Å². The van der Waals surface area contributed by atoms with Gasteiger partial charge in [0.05, 0.1) is 0 Å². The van der Waals surface area contributed by atoms with Crippen LogP contribution in [0.25, 0.3) is 0 Å². The van der Waals surface area contributed by atoms with Crippen molar-refractivity contribution in [1.82, 2.24) is 16.2 Å². The molecule has 3 N–H and O–H groups in total. The summed E-state index contributed by atoms with van der Waals surface area (Å²) < 4.78 is 26.6. The number of nitrogens with one attached hydrogen (secondary N) is 3. The van der Waals surface area contributed by atoms with E-state index in [1.807, 2.05) is 29.2 Å². The third kappa shape index (κ3) is 4.69. The van der Waals surface area contributed by atoms with E-state index in [9.17, 15) is 13.6 Å². The standard InChI is InChI=1S/C21H23ClF2N4O/c22-15-3-1-2-14(8-15)19-10-20(27-26-19)21(29)25-11-13-6-7-28(12-13)16-4-5-17(23)18(24)9-16/h1-5,8-9,13,19-20,26-27H,6-7,10-12H2,(H,25,29). The predicted molar refractivity (Wildman–Crippen MR) is 109 cm³/mol. The fourth-order valence-electron chi connectivity index (χ4n) is 3.95. The van der Waals surface area contributed by atoms with Gasteiger partial charge in [-0.1, -0.05) is 23.7 Å². The summed E-state index contributed by atoms with van der Waals surface area (Å²) in [6.45, 7) is 2.01. The van der Waals surface area contributed by atoms with E-state index in [1.54, 1.807) is 6.07 Å². The monoisotopic (exact) mass is 420 g/mol. The SMILES string of the molecule is O=C(NCC1CCN(c2ccc(F)c(F)c2)C1)C1CC(c2cccc(Cl)c2)NN1. The second kappa shape index (κ2) is 8.65. The molecule has 5 nitrogen and oxygen atoms in total. The Hall–Kier alpha value is -2.22. The molecule has 2 aliphatic heterocycles. The topological polar surface area (TPSA) is 56.4 Å². The average molecular weight is 421 g/mol. The molecule has 0 aliphatic carbocycles. The van der Waals surface area contributed by atoms with Crippen molar-refractivity contribution in [2.24, 2.45) is 5.92 Å². The van der Waals surface area contributed by atoms with Crippen LogP contribution in [-0.2, 0) is 4.79 Å². The molecule has 2 aromatic rings. The molecule has 154 valence electrons. The first-order chi connectivity index (χ1) is 14.0. The third-order valence-electron chi connectivity index (χ3n) is 5.59. The van der Waals surface area contributed by atoms with Crippen molar-refractivity contribution in [2.75, 3.05) is 24.5 Å². The molecule has 0 spiro atoms. The third-order valence-corrected chi connectivity index (χ3v) is 5.82. The van der Waals surface area contributed by atoms with Gasteiger partial charge in [-0.2, -0.15) is 0 Å². The van der Waals surface area contributed by atoms with Crippen LogP contribution < -0.4 is 21.1 Å². The Morgan fingerprint density at radius 1 is 1.17 bits per heavy atom. The maximum absolute atomic E-state index is 13.5. The number of benzene rings is 2. The van der Waals surface area contributed by atoms with E-state index in [0.29, 0.717) is 30.2 Å². The van der Waals surface area contributed by atoms with Gasteiger partial charge in [-0.15, -0.1) is 0 Å². The molecule has 0 bridgehead atoms. The number of rotatable bonds is 5. The Balaban J connectivity index is 1.25. The Labute approximate surface area is 173 Å². The maximum atomic E-state index is 13.5. The number of halogens is 3. The molecule has 1 amide bonds.